The summed E-state index contributed by atoms with van der Waals surface area (Å²) in [6.45, 7) is 10.3. The van der Waals surface area contributed by atoms with Crippen molar-refractivity contribution in [3.63, 3.8) is 0 Å². The van der Waals surface area contributed by atoms with Gasteiger partial charge in [-0.1, -0.05) is 62.4 Å². The molecule has 0 nitrogen and oxygen atoms in total. The van der Waals surface area contributed by atoms with E-state index < -0.39 is 0 Å². The third-order valence-electron chi connectivity index (χ3n) is 2.38. The molecule has 0 aliphatic heterocycles. The van der Waals surface area contributed by atoms with Crippen molar-refractivity contribution in [2.45, 2.75) is 33.1 Å². The van der Waals surface area contributed by atoms with Gasteiger partial charge in [0.05, 0.1) is 0 Å². The smallest absolute Gasteiger partial charge is 0.0141 e. The summed E-state index contributed by atoms with van der Waals surface area (Å²) in [5, 5.41) is 0. The number of rotatable bonds is 4. The highest BCUT2D eigenvalue weighted by atomic mass is 14.0. The van der Waals surface area contributed by atoms with Crippen LogP contribution >= 0.6 is 0 Å². The van der Waals surface area contributed by atoms with Crippen molar-refractivity contribution in [1.82, 2.24) is 0 Å². The predicted octanol–water partition coefficient (Wildman–Crippen LogP) is 4.79. The third-order valence-corrected chi connectivity index (χ3v) is 2.38. The van der Waals surface area contributed by atoms with E-state index in [0.29, 0.717) is 5.92 Å². The Labute approximate surface area is 93.3 Å². The van der Waals surface area contributed by atoms with Crippen molar-refractivity contribution >= 4 is 6.08 Å². The monoisotopic (exact) mass is 200 g/mol. The molecule has 0 aliphatic rings. The van der Waals surface area contributed by atoms with E-state index in [-0.39, 0.29) is 0 Å². The van der Waals surface area contributed by atoms with Crippen LogP contribution in [-0.2, 0) is 0 Å². The first-order valence-electron chi connectivity index (χ1n) is 5.50. The Morgan fingerprint density at radius 2 is 1.87 bits per heavy atom. The molecule has 0 heterocycles. The van der Waals surface area contributed by atoms with E-state index in [4.69, 9.17) is 0 Å². The van der Waals surface area contributed by atoms with Crippen molar-refractivity contribution in [1.29, 1.82) is 0 Å². The maximum absolute atomic E-state index is 3.87. The summed E-state index contributed by atoms with van der Waals surface area (Å²) in [5.41, 5.74) is 3.86. The Morgan fingerprint density at radius 1 is 1.27 bits per heavy atom. The second-order valence-electron chi connectivity index (χ2n) is 4.38. The van der Waals surface area contributed by atoms with Crippen molar-refractivity contribution < 1.29 is 0 Å². The van der Waals surface area contributed by atoms with Crippen molar-refractivity contribution in [3.8, 4) is 0 Å². The average Bonchev–Trinajstić information content (AvgIpc) is 2.18. The number of allylic oxidation sites excluding steroid dienone is 2. The number of hydrogen-bond donors (Lipinski definition) is 0. The minimum Gasteiger partial charge on any atom is -0.0998 e. The quantitative estimate of drug-likeness (QED) is 0.613. The van der Waals surface area contributed by atoms with Crippen LogP contribution in [0, 0.1) is 0 Å². The molecule has 0 fully saturated rings. The lowest BCUT2D eigenvalue weighted by Gasteiger charge is -2.04. The van der Waals surface area contributed by atoms with Gasteiger partial charge >= 0.3 is 0 Å². The molecule has 0 spiro atoms. The molecule has 0 unspecified atom stereocenters. The topological polar surface area (TPSA) is 0 Å². The van der Waals surface area contributed by atoms with Gasteiger partial charge < -0.3 is 0 Å². The molecule has 0 aromatic heterocycles. The first kappa shape index (κ1) is 11.8. The second-order valence-corrected chi connectivity index (χ2v) is 4.38. The van der Waals surface area contributed by atoms with E-state index in [0.717, 1.165) is 6.42 Å². The second kappa shape index (κ2) is 5.55. The van der Waals surface area contributed by atoms with Gasteiger partial charge in [0.25, 0.3) is 0 Å². The average molecular weight is 200 g/mol. The molecule has 0 saturated heterocycles. The lowest BCUT2D eigenvalue weighted by molar-refractivity contribution is 0.866. The van der Waals surface area contributed by atoms with E-state index in [2.05, 4.69) is 56.8 Å². The highest BCUT2D eigenvalue weighted by molar-refractivity contribution is 5.50. The van der Waals surface area contributed by atoms with Crippen LogP contribution in [0.3, 0.4) is 0 Å². The van der Waals surface area contributed by atoms with Gasteiger partial charge in [0, 0.05) is 0 Å². The Balaban J connectivity index is 2.64. The highest BCUT2D eigenvalue weighted by Gasteiger charge is 1.96. The van der Waals surface area contributed by atoms with E-state index in [1.54, 1.807) is 0 Å². The summed E-state index contributed by atoms with van der Waals surface area (Å²) in [5.74, 6) is 0.610. The molecule has 0 saturated carbocycles. The fourth-order valence-corrected chi connectivity index (χ4v) is 1.39. The normalized spacial score (nSPS) is 11.2. The summed E-state index contributed by atoms with van der Waals surface area (Å²) in [7, 11) is 0. The minimum absolute atomic E-state index is 0.610. The van der Waals surface area contributed by atoms with Crippen LogP contribution in [0.2, 0.25) is 0 Å². The zero-order chi connectivity index (χ0) is 11.3. The molecule has 0 amide bonds. The molecule has 0 radical (unpaired) electrons. The van der Waals surface area contributed by atoms with Crippen molar-refractivity contribution in [3.05, 3.63) is 53.6 Å². The molecule has 15 heavy (non-hydrogen) atoms. The predicted molar refractivity (Wildman–Crippen MR) is 69.0 cm³/mol. The van der Waals surface area contributed by atoms with Gasteiger partial charge in [-0.3, -0.25) is 0 Å². The standard InChI is InChI=1S/C15H20/c1-12(2)6-5-7-14-8-10-15(11-9-14)13(3)4/h5,7-11,13H,1,6H2,2-4H3. The first-order valence-corrected chi connectivity index (χ1v) is 5.50. The van der Waals surface area contributed by atoms with Crippen LogP contribution in [0.1, 0.15) is 44.2 Å². The van der Waals surface area contributed by atoms with Crippen LogP contribution in [0.5, 0.6) is 0 Å². The zero-order valence-corrected chi connectivity index (χ0v) is 9.96. The van der Waals surface area contributed by atoms with Gasteiger partial charge in [-0.05, 0) is 30.4 Å². The summed E-state index contributed by atoms with van der Waals surface area (Å²) in [6.07, 6.45) is 5.28. The summed E-state index contributed by atoms with van der Waals surface area (Å²) >= 11 is 0. The maximum atomic E-state index is 3.87. The Kier molecular flexibility index (Phi) is 4.36. The van der Waals surface area contributed by atoms with Gasteiger partial charge in [0.1, 0.15) is 0 Å². The van der Waals surface area contributed by atoms with E-state index in [1.807, 2.05) is 6.92 Å². The molecular formula is C15H20. The molecule has 0 aliphatic carbocycles. The molecular weight excluding hydrogens is 180 g/mol. The molecule has 1 aromatic rings. The lowest BCUT2D eigenvalue weighted by Crippen LogP contribution is -1.85. The molecule has 0 bridgehead atoms. The third kappa shape index (κ3) is 4.16. The number of hydrogen-bond acceptors (Lipinski definition) is 0. The van der Waals surface area contributed by atoms with Gasteiger partial charge in [0.15, 0.2) is 0 Å². The molecule has 0 heteroatoms. The van der Waals surface area contributed by atoms with Crippen LogP contribution in [0.15, 0.2) is 42.5 Å². The van der Waals surface area contributed by atoms with Crippen LogP contribution in [0.4, 0.5) is 0 Å². The Morgan fingerprint density at radius 3 is 2.33 bits per heavy atom. The van der Waals surface area contributed by atoms with Crippen LogP contribution < -0.4 is 0 Å². The molecule has 80 valence electrons. The van der Waals surface area contributed by atoms with Gasteiger partial charge in [-0.2, -0.15) is 0 Å². The Hall–Kier alpha value is -1.30. The van der Waals surface area contributed by atoms with Gasteiger partial charge in [-0.25, -0.2) is 0 Å². The SMILES string of the molecule is C=C(C)CC=Cc1ccc(C(C)C)cc1. The largest absolute Gasteiger partial charge is 0.0998 e. The van der Waals surface area contributed by atoms with Crippen LogP contribution in [-0.4, -0.2) is 0 Å². The molecule has 0 N–H and O–H groups in total. The zero-order valence-electron chi connectivity index (χ0n) is 9.96. The fraction of sp³-hybridized carbons (Fsp3) is 0.333. The minimum atomic E-state index is 0.610. The summed E-state index contributed by atoms with van der Waals surface area (Å²) in [4.78, 5) is 0. The molecule has 1 rings (SSSR count). The summed E-state index contributed by atoms with van der Waals surface area (Å²) in [6, 6.07) is 8.74. The maximum Gasteiger partial charge on any atom is -0.0141 e. The highest BCUT2D eigenvalue weighted by Crippen LogP contribution is 2.15. The first-order chi connectivity index (χ1) is 7.09. The van der Waals surface area contributed by atoms with Gasteiger partial charge in [-0.15, -0.1) is 0 Å². The van der Waals surface area contributed by atoms with Crippen molar-refractivity contribution in [2.24, 2.45) is 0 Å². The number of benzene rings is 1. The van der Waals surface area contributed by atoms with Crippen LogP contribution in [0.25, 0.3) is 6.08 Å². The molecule has 1 aromatic carbocycles. The molecule has 0 atom stereocenters. The fourth-order valence-electron chi connectivity index (χ4n) is 1.39. The van der Waals surface area contributed by atoms with E-state index in [9.17, 15) is 0 Å². The lowest BCUT2D eigenvalue weighted by atomic mass is 10.0. The van der Waals surface area contributed by atoms with E-state index >= 15 is 0 Å². The van der Waals surface area contributed by atoms with Gasteiger partial charge in [0.2, 0.25) is 0 Å². The van der Waals surface area contributed by atoms with E-state index in [1.165, 1.54) is 16.7 Å². The van der Waals surface area contributed by atoms with Crippen molar-refractivity contribution in [2.75, 3.05) is 0 Å². The Bertz CT molecular complexity index is 339. The summed E-state index contributed by atoms with van der Waals surface area (Å²) < 4.78 is 0.